The van der Waals surface area contributed by atoms with Gasteiger partial charge in [-0.15, -0.1) is 0 Å². The van der Waals surface area contributed by atoms with Crippen molar-refractivity contribution < 1.29 is 4.74 Å². The molecule has 3 saturated carbocycles. The monoisotopic (exact) mass is 842 g/mol. The minimum absolute atomic E-state index is 0.246. The lowest BCUT2D eigenvalue weighted by Gasteiger charge is -2.63. The zero-order valence-corrected chi connectivity index (χ0v) is 39.7. The molecule has 4 aromatic carbocycles. The van der Waals surface area contributed by atoms with Gasteiger partial charge in [0.2, 0.25) is 0 Å². The van der Waals surface area contributed by atoms with Crippen LogP contribution in [0.4, 0.5) is 0 Å². The van der Waals surface area contributed by atoms with E-state index >= 15 is 0 Å². The number of fused-ring (bicyclic) bond motifs is 5. The van der Waals surface area contributed by atoms with Crippen molar-refractivity contribution in [3.8, 4) is 0 Å². The van der Waals surface area contributed by atoms with Crippen molar-refractivity contribution in [2.24, 2.45) is 45.8 Å². The summed E-state index contributed by atoms with van der Waals surface area (Å²) in [4.78, 5) is 0. The Bertz CT molecular complexity index is 1970. The van der Waals surface area contributed by atoms with E-state index in [4.69, 9.17) is 16.5 Å². The molecule has 4 aliphatic rings. The summed E-state index contributed by atoms with van der Waals surface area (Å²) in [5.74, 6) is 4.22. The van der Waals surface area contributed by atoms with Gasteiger partial charge in [0, 0.05) is 18.0 Å². The average molecular weight is 843 g/mol. The predicted molar refractivity (Wildman–Crippen MR) is 261 cm³/mol. The largest absolute Gasteiger partial charge is 0.378 e. The SMILES string of the molecule is CC(C)CCCC(C)C1CC[C@H]2[C@]3(C)CC=C4C[C@@H](OCCC(P(c5ccccc5)c5ccccc5)P(=S)(c5ccccc5)c5ccccc5)CC[C@]4(C)[C@H]3CC[C@]12C. The maximum atomic E-state index is 7.21. The Kier molecular flexibility index (Phi) is 13.3. The number of benzene rings is 4. The molecule has 59 heavy (non-hydrogen) atoms. The molecule has 3 fully saturated rings. The van der Waals surface area contributed by atoms with Gasteiger partial charge in [-0.3, -0.25) is 0 Å². The highest BCUT2D eigenvalue weighted by molar-refractivity contribution is 8.25. The van der Waals surface area contributed by atoms with Crippen molar-refractivity contribution in [2.75, 3.05) is 6.61 Å². The highest BCUT2D eigenvalue weighted by atomic mass is 32.4. The second-order valence-electron chi connectivity index (χ2n) is 20.4. The molecular weight excluding hydrogens is 771 g/mol. The van der Waals surface area contributed by atoms with Gasteiger partial charge < -0.3 is 4.74 Å². The zero-order chi connectivity index (χ0) is 41.3. The molecule has 0 aromatic heterocycles. The second-order valence-corrected chi connectivity index (χ2v) is 27.9. The van der Waals surface area contributed by atoms with E-state index in [-0.39, 0.29) is 11.5 Å². The van der Waals surface area contributed by atoms with Crippen molar-refractivity contribution in [1.29, 1.82) is 0 Å². The Hall–Kier alpha value is -2.34. The molecule has 1 nitrogen and oxygen atoms in total. The van der Waals surface area contributed by atoms with E-state index in [0.29, 0.717) is 16.2 Å². The molecule has 8 rings (SSSR count). The van der Waals surface area contributed by atoms with Crippen LogP contribution in [0.15, 0.2) is 133 Å². The molecule has 0 bridgehead atoms. The van der Waals surface area contributed by atoms with Gasteiger partial charge in [0.1, 0.15) is 0 Å². The lowest BCUT2D eigenvalue weighted by atomic mass is 9.41. The Labute approximate surface area is 365 Å². The topological polar surface area (TPSA) is 9.23 Å². The Morgan fingerprint density at radius 2 is 1.24 bits per heavy atom. The maximum Gasteiger partial charge on any atom is 0.0612 e. The molecule has 0 amide bonds. The van der Waals surface area contributed by atoms with Gasteiger partial charge in [-0.05, 0) is 133 Å². The van der Waals surface area contributed by atoms with Crippen LogP contribution < -0.4 is 21.2 Å². The summed E-state index contributed by atoms with van der Waals surface area (Å²) in [5.41, 5.74) is 2.94. The lowest BCUT2D eigenvalue weighted by molar-refractivity contribution is -0.117. The number of allylic oxidation sites excluding steroid dienone is 1. The molecule has 314 valence electrons. The highest BCUT2D eigenvalue weighted by Gasteiger charge is 2.64. The van der Waals surface area contributed by atoms with Crippen molar-refractivity contribution in [3.63, 3.8) is 0 Å². The molecule has 0 spiro atoms. The van der Waals surface area contributed by atoms with Crippen LogP contribution in [0.2, 0.25) is 0 Å². The first kappa shape index (κ1) is 43.3. The summed E-state index contributed by atoms with van der Waals surface area (Å²) in [6.45, 7) is 16.3. The fourth-order valence-corrected chi connectivity index (χ4v) is 23.5. The maximum absolute atomic E-state index is 7.21. The summed E-state index contributed by atoms with van der Waals surface area (Å²) < 4.78 is 7.17. The number of hydrogen-bond acceptors (Lipinski definition) is 2. The van der Waals surface area contributed by atoms with Crippen LogP contribution in [0, 0.1) is 45.8 Å². The molecule has 0 heterocycles. The second kappa shape index (κ2) is 18.2. The van der Waals surface area contributed by atoms with Crippen LogP contribution in [0.25, 0.3) is 0 Å². The molecule has 0 aliphatic heterocycles. The first-order chi connectivity index (χ1) is 28.5. The molecule has 0 radical (unpaired) electrons. The molecule has 0 N–H and O–H groups in total. The fraction of sp³-hybridized carbons (Fsp3) is 0.527. The number of rotatable bonds is 15. The number of hydrogen-bond donors (Lipinski definition) is 0. The lowest BCUT2D eigenvalue weighted by Crippen LogP contribution is -2.56. The van der Waals surface area contributed by atoms with E-state index in [1.807, 2.05) is 0 Å². The van der Waals surface area contributed by atoms with E-state index in [9.17, 15) is 0 Å². The first-order valence-corrected chi connectivity index (χ1v) is 27.7. The molecule has 4 aliphatic carbocycles. The third-order valence-electron chi connectivity index (χ3n) is 16.6. The molecule has 4 heteroatoms. The van der Waals surface area contributed by atoms with Crippen LogP contribution >= 0.6 is 14.0 Å². The van der Waals surface area contributed by atoms with Crippen LogP contribution in [0.1, 0.15) is 119 Å². The van der Waals surface area contributed by atoms with Crippen molar-refractivity contribution in [2.45, 2.75) is 130 Å². The van der Waals surface area contributed by atoms with Crippen LogP contribution in [-0.4, -0.2) is 18.1 Å². The third-order valence-corrected chi connectivity index (χ3v) is 26.6. The van der Waals surface area contributed by atoms with Gasteiger partial charge in [-0.25, -0.2) is 0 Å². The van der Waals surface area contributed by atoms with E-state index in [1.54, 1.807) is 5.57 Å². The van der Waals surface area contributed by atoms with Crippen LogP contribution in [0.5, 0.6) is 0 Å². The summed E-state index contributed by atoms with van der Waals surface area (Å²) in [6, 6.07) is 42.5. The zero-order valence-electron chi connectivity index (χ0n) is 37.1. The summed E-state index contributed by atoms with van der Waals surface area (Å²) >= 11 is 7.21. The minimum atomic E-state index is -2.31. The average Bonchev–Trinajstić information content (AvgIpc) is 3.62. The first-order valence-electron chi connectivity index (χ1n) is 23.4. The van der Waals surface area contributed by atoms with Gasteiger partial charge in [0.05, 0.1) is 6.10 Å². The number of ether oxygens (including phenoxy) is 1. The molecule has 0 saturated heterocycles. The van der Waals surface area contributed by atoms with Crippen LogP contribution in [-0.2, 0) is 16.5 Å². The van der Waals surface area contributed by atoms with E-state index < -0.39 is 14.0 Å². The van der Waals surface area contributed by atoms with Gasteiger partial charge >= 0.3 is 0 Å². The van der Waals surface area contributed by atoms with E-state index in [1.165, 1.54) is 85.4 Å². The summed E-state index contributed by atoms with van der Waals surface area (Å²) in [7, 11) is -0.783. The van der Waals surface area contributed by atoms with Crippen LogP contribution in [0.3, 0.4) is 0 Å². The Morgan fingerprint density at radius 1 is 0.661 bits per heavy atom. The van der Waals surface area contributed by atoms with Gasteiger partial charge in [0.25, 0.3) is 0 Å². The van der Waals surface area contributed by atoms with E-state index in [2.05, 4.69) is 169 Å². The standard InChI is InChI=1S/C55H72OP2S/c1-41(2)20-19-21-42(3)49-30-31-50-54(49,5)38-34-51-53(4)37-33-44(40-43(53)32-36-55(50,51)6)56-39-35-52(57(45-22-11-7-12-23-45)46-24-13-8-14-25-46)58(59,47-26-15-9-16-27-47)48-28-17-10-18-29-48/h7-18,22-29,32,41-42,44,49-52H,19-21,30-31,33-40H2,1-6H3/t42?,44-,49?,50+,51+,52?,53-,54+,55-/m0/s1. The predicted octanol–water partition coefficient (Wildman–Crippen LogP) is 13.8. The molecular formula is C55H72OP2S. The quantitative estimate of drug-likeness (QED) is 0.0871. The van der Waals surface area contributed by atoms with Gasteiger partial charge in [0.15, 0.2) is 0 Å². The molecule has 9 atom stereocenters. The Balaban J connectivity index is 1.03. The summed E-state index contributed by atoms with van der Waals surface area (Å²) in [6.07, 6.45) is 18.7. The van der Waals surface area contributed by atoms with E-state index in [0.717, 1.165) is 49.0 Å². The normalized spacial score (nSPS) is 30.3. The molecule has 3 unspecified atom stereocenters. The van der Waals surface area contributed by atoms with Crippen molar-refractivity contribution in [1.82, 2.24) is 0 Å². The highest BCUT2D eigenvalue weighted by Crippen LogP contribution is 2.72. The molecule has 4 aromatic rings. The third kappa shape index (κ3) is 8.34. The minimum Gasteiger partial charge on any atom is -0.378 e. The summed E-state index contributed by atoms with van der Waals surface area (Å²) in [5, 5.41) is 5.68. The smallest absolute Gasteiger partial charge is 0.0612 e. The van der Waals surface area contributed by atoms with Crippen molar-refractivity contribution >= 4 is 47.0 Å². The van der Waals surface area contributed by atoms with Crippen molar-refractivity contribution in [3.05, 3.63) is 133 Å². The Morgan fingerprint density at radius 3 is 1.81 bits per heavy atom. The van der Waals surface area contributed by atoms with Gasteiger partial charge in [-0.2, -0.15) is 0 Å². The fourth-order valence-electron chi connectivity index (χ4n) is 13.7. The van der Waals surface area contributed by atoms with Gasteiger partial charge in [-0.1, -0.05) is 206 Å².